The summed E-state index contributed by atoms with van der Waals surface area (Å²) >= 11 is 0. The van der Waals surface area contributed by atoms with E-state index in [9.17, 15) is 0 Å². The molecule has 3 nitrogen and oxygen atoms in total. The summed E-state index contributed by atoms with van der Waals surface area (Å²) in [6.07, 6.45) is 2.46. The van der Waals surface area contributed by atoms with Crippen molar-refractivity contribution in [3.63, 3.8) is 0 Å². The second-order valence-corrected chi connectivity index (χ2v) is 6.99. The average molecular weight is 275 g/mol. The number of fused-ring (bicyclic) bond motifs is 1. The van der Waals surface area contributed by atoms with Gasteiger partial charge in [0.15, 0.2) is 0 Å². The molecule has 0 radical (unpaired) electrons. The van der Waals surface area contributed by atoms with Crippen LogP contribution in [0.2, 0.25) is 0 Å². The number of benzene rings is 1. The number of hydrogen-bond donors (Lipinski definition) is 2. The van der Waals surface area contributed by atoms with Crippen molar-refractivity contribution in [1.29, 1.82) is 0 Å². The third-order valence-corrected chi connectivity index (χ3v) is 3.82. The van der Waals surface area contributed by atoms with Crippen LogP contribution in [0.4, 0.5) is 5.69 Å². The predicted octanol–water partition coefficient (Wildman–Crippen LogP) is 2.72. The van der Waals surface area contributed by atoms with Gasteiger partial charge in [0.1, 0.15) is 0 Å². The first-order valence-corrected chi connectivity index (χ1v) is 7.68. The van der Waals surface area contributed by atoms with Crippen LogP contribution in [0.5, 0.6) is 0 Å². The lowest BCUT2D eigenvalue weighted by molar-refractivity contribution is 0.232. The van der Waals surface area contributed by atoms with E-state index in [2.05, 4.69) is 61.7 Å². The lowest BCUT2D eigenvalue weighted by Crippen LogP contribution is -2.37. The number of rotatable bonds is 6. The summed E-state index contributed by atoms with van der Waals surface area (Å²) in [5.74, 6) is 0. The minimum atomic E-state index is 0.297. The lowest BCUT2D eigenvalue weighted by atomic mass is 9.92. The molecule has 1 heterocycles. The molecular weight excluding hydrogens is 246 g/mol. The van der Waals surface area contributed by atoms with Crippen molar-refractivity contribution in [2.75, 3.05) is 39.0 Å². The Hall–Kier alpha value is -1.06. The molecule has 0 aromatic heterocycles. The largest absolute Gasteiger partial charge is 0.385 e. The summed E-state index contributed by atoms with van der Waals surface area (Å²) in [7, 11) is 4.28. The molecule has 0 spiro atoms. The zero-order valence-electron chi connectivity index (χ0n) is 13.4. The van der Waals surface area contributed by atoms with Gasteiger partial charge in [0.25, 0.3) is 0 Å². The van der Waals surface area contributed by atoms with Gasteiger partial charge in [0.2, 0.25) is 0 Å². The van der Waals surface area contributed by atoms with Crippen molar-refractivity contribution in [2.24, 2.45) is 5.41 Å². The number of nitrogens with one attached hydrogen (secondary N) is 2. The molecule has 0 unspecified atom stereocenters. The number of para-hydroxylation sites is 1. The summed E-state index contributed by atoms with van der Waals surface area (Å²) < 4.78 is 0. The Balaban J connectivity index is 1.91. The minimum absolute atomic E-state index is 0.297. The van der Waals surface area contributed by atoms with Crippen LogP contribution in [0.1, 0.15) is 31.4 Å². The highest BCUT2D eigenvalue weighted by Crippen LogP contribution is 2.26. The van der Waals surface area contributed by atoms with Gasteiger partial charge in [-0.1, -0.05) is 32.0 Å². The molecule has 0 amide bonds. The highest BCUT2D eigenvalue weighted by Gasteiger charge is 2.19. The molecule has 112 valence electrons. The predicted molar refractivity (Wildman–Crippen MR) is 87.3 cm³/mol. The Morgan fingerprint density at radius 1 is 1.30 bits per heavy atom. The van der Waals surface area contributed by atoms with Crippen LogP contribution >= 0.6 is 0 Å². The molecule has 20 heavy (non-hydrogen) atoms. The van der Waals surface area contributed by atoms with E-state index < -0.39 is 0 Å². The first-order chi connectivity index (χ1) is 9.48. The fraction of sp³-hybridized carbons (Fsp3) is 0.647. The molecule has 1 aromatic rings. The topological polar surface area (TPSA) is 27.3 Å². The molecule has 0 aliphatic carbocycles. The van der Waals surface area contributed by atoms with Gasteiger partial charge < -0.3 is 15.5 Å². The molecule has 2 N–H and O–H groups in total. The van der Waals surface area contributed by atoms with Crippen LogP contribution < -0.4 is 10.6 Å². The van der Waals surface area contributed by atoms with Crippen molar-refractivity contribution >= 4 is 5.69 Å². The second-order valence-electron chi connectivity index (χ2n) is 6.99. The number of hydrogen-bond acceptors (Lipinski definition) is 3. The Labute approximate surface area is 123 Å². The van der Waals surface area contributed by atoms with E-state index in [1.165, 1.54) is 29.7 Å². The lowest BCUT2D eigenvalue weighted by Gasteiger charge is -2.29. The highest BCUT2D eigenvalue weighted by molar-refractivity contribution is 5.59. The Bertz CT molecular complexity index is 438. The highest BCUT2D eigenvalue weighted by atomic mass is 15.1. The van der Waals surface area contributed by atoms with Crippen molar-refractivity contribution < 1.29 is 0 Å². The van der Waals surface area contributed by atoms with Crippen LogP contribution in [0, 0.1) is 5.41 Å². The molecule has 0 saturated heterocycles. The summed E-state index contributed by atoms with van der Waals surface area (Å²) in [6, 6.07) is 6.68. The Morgan fingerprint density at radius 2 is 2.10 bits per heavy atom. The van der Waals surface area contributed by atoms with Gasteiger partial charge in [0, 0.05) is 31.9 Å². The summed E-state index contributed by atoms with van der Waals surface area (Å²) in [5, 5.41) is 7.19. The van der Waals surface area contributed by atoms with Crippen LogP contribution in [0.25, 0.3) is 0 Å². The van der Waals surface area contributed by atoms with E-state index in [0.717, 1.165) is 26.2 Å². The summed E-state index contributed by atoms with van der Waals surface area (Å²) in [5.41, 5.74) is 4.55. The molecular formula is C17H29N3. The van der Waals surface area contributed by atoms with E-state index in [0.29, 0.717) is 5.41 Å². The Kier molecular flexibility index (Phi) is 5.06. The van der Waals surface area contributed by atoms with Crippen molar-refractivity contribution in [3.8, 4) is 0 Å². The fourth-order valence-corrected chi connectivity index (χ4v) is 3.18. The average Bonchev–Trinajstić information content (AvgIpc) is 2.37. The maximum atomic E-state index is 3.63. The van der Waals surface area contributed by atoms with Gasteiger partial charge in [0.05, 0.1) is 0 Å². The first kappa shape index (κ1) is 15.3. The van der Waals surface area contributed by atoms with E-state index in [1.54, 1.807) is 0 Å². The minimum Gasteiger partial charge on any atom is -0.385 e. The maximum absolute atomic E-state index is 3.63. The van der Waals surface area contributed by atoms with Crippen molar-refractivity contribution in [3.05, 3.63) is 29.3 Å². The molecule has 0 atom stereocenters. The van der Waals surface area contributed by atoms with E-state index in [1.807, 2.05) is 0 Å². The van der Waals surface area contributed by atoms with Crippen LogP contribution in [-0.2, 0) is 13.0 Å². The van der Waals surface area contributed by atoms with Crippen molar-refractivity contribution in [1.82, 2.24) is 10.2 Å². The molecule has 1 aliphatic rings. The smallest absolute Gasteiger partial charge is 0.0418 e. The number of aryl methyl sites for hydroxylation is 1. The third kappa shape index (κ3) is 4.22. The molecule has 3 heteroatoms. The Morgan fingerprint density at radius 3 is 2.85 bits per heavy atom. The maximum Gasteiger partial charge on any atom is 0.0418 e. The van der Waals surface area contributed by atoms with Crippen LogP contribution in [0.3, 0.4) is 0 Å². The third-order valence-electron chi connectivity index (χ3n) is 3.82. The summed E-state index contributed by atoms with van der Waals surface area (Å²) in [4.78, 5) is 2.26. The molecule has 2 rings (SSSR count). The van der Waals surface area contributed by atoms with Gasteiger partial charge in [-0.25, -0.2) is 0 Å². The number of nitrogens with zero attached hydrogens (tertiary/aromatic N) is 1. The zero-order chi connectivity index (χ0) is 14.6. The second kappa shape index (κ2) is 6.59. The SMILES string of the molecule is CN(C)CC(C)(C)CNCc1cccc2c1NCCC2. The summed E-state index contributed by atoms with van der Waals surface area (Å²) in [6.45, 7) is 8.83. The molecule has 0 fully saturated rings. The fourth-order valence-electron chi connectivity index (χ4n) is 3.18. The standard InChI is InChI=1S/C17H29N3/c1-17(2,13-20(3)4)12-18-11-15-8-5-7-14-9-6-10-19-16(14)15/h5,7-8,18-19H,6,9-13H2,1-4H3. The van der Waals surface area contributed by atoms with Crippen LogP contribution in [0.15, 0.2) is 18.2 Å². The van der Waals surface area contributed by atoms with E-state index >= 15 is 0 Å². The number of anilines is 1. The van der Waals surface area contributed by atoms with E-state index in [4.69, 9.17) is 0 Å². The first-order valence-electron chi connectivity index (χ1n) is 7.68. The molecule has 1 aromatic carbocycles. The van der Waals surface area contributed by atoms with Crippen LogP contribution in [-0.4, -0.2) is 38.6 Å². The molecule has 0 bridgehead atoms. The normalized spacial score (nSPS) is 15.1. The quantitative estimate of drug-likeness (QED) is 0.836. The van der Waals surface area contributed by atoms with Gasteiger partial charge in [-0.3, -0.25) is 0 Å². The monoisotopic (exact) mass is 275 g/mol. The van der Waals surface area contributed by atoms with Gasteiger partial charge >= 0.3 is 0 Å². The molecule has 1 aliphatic heterocycles. The van der Waals surface area contributed by atoms with Crippen molar-refractivity contribution in [2.45, 2.75) is 33.2 Å². The van der Waals surface area contributed by atoms with Gasteiger partial charge in [-0.15, -0.1) is 0 Å². The van der Waals surface area contributed by atoms with E-state index in [-0.39, 0.29) is 0 Å². The van der Waals surface area contributed by atoms with Gasteiger partial charge in [-0.05, 0) is 43.5 Å². The zero-order valence-corrected chi connectivity index (χ0v) is 13.4. The van der Waals surface area contributed by atoms with Gasteiger partial charge in [-0.2, -0.15) is 0 Å². The molecule has 0 saturated carbocycles.